The number of nitrogens with zero attached hydrogens (tertiary/aromatic N) is 3. The molecule has 2 aromatic heterocycles. The number of ether oxygens (including phenoxy) is 2. The normalized spacial score (nSPS) is 11.1. The van der Waals surface area contributed by atoms with E-state index in [1.807, 2.05) is 19.9 Å². The molecule has 0 spiro atoms. The highest BCUT2D eigenvalue weighted by molar-refractivity contribution is 5.99. The number of alkyl halides is 2. The van der Waals surface area contributed by atoms with Crippen LogP contribution in [0, 0.1) is 6.92 Å². The van der Waals surface area contributed by atoms with Crippen molar-refractivity contribution in [3.63, 3.8) is 0 Å². The molecule has 0 bridgehead atoms. The van der Waals surface area contributed by atoms with Gasteiger partial charge in [0.25, 0.3) is 12.3 Å². The third kappa shape index (κ3) is 4.44. The van der Waals surface area contributed by atoms with E-state index in [1.54, 1.807) is 19.1 Å². The van der Waals surface area contributed by atoms with Crippen molar-refractivity contribution in [3.8, 4) is 11.5 Å². The zero-order valence-corrected chi connectivity index (χ0v) is 16.4. The van der Waals surface area contributed by atoms with Crippen LogP contribution in [0.2, 0.25) is 0 Å². The summed E-state index contributed by atoms with van der Waals surface area (Å²) in [7, 11) is 0. The molecule has 0 aliphatic heterocycles. The van der Waals surface area contributed by atoms with Crippen molar-refractivity contribution < 1.29 is 23.0 Å². The molecule has 3 aromatic rings. The lowest BCUT2D eigenvalue weighted by Crippen LogP contribution is -2.23. The van der Waals surface area contributed by atoms with Gasteiger partial charge in [0.15, 0.2) is 17.1 Å². The summed E-state index contributed by atoms with van der Waals surface area (Å²) in [6.07, 6.45) is -1.48. The first-order valence-corrected chi connectivity index (χ1v) is 9.24. The third-order valence-corrected chi connectivity index (χ3v) is 4.16. The van der Waals surface area contributed by atoms with E-state index in [-0.39, 0.29) is 23.4 Å². The van der Waals surface area contributed by atoms with E-state index >= 15 is 0 Å². The fourth-order valence-corrected chi connectivity index (χ4v) is 2.91. The molecule has 154 valence electrons. The Morgan fingerprint density at radius 1 is 1.17 bits per heavy atom. The molecule has 0 saturated carbocycles. The highest BCUT2D eigenvalue weighted by Gasteiger charge is 2.20. The molecule has 7 nitrogen and oxygen atoms in total. The molecule has 1 aromatic carbocycles. The standard InChI is InChI=1S/C20H22F2N4O3/c1-4-28-16-7-6-13(9-17(16)29-5-2)10-23-20(27)14-11-24-26-15(18(21)22)8-12(3)25-19(14)26/h6-9,11,18H,4-5,10H2,1-3H3,(H,23,27). The number of aryl methyl sites for hydroxylation is 1. The average Bonchev–Trinajstić information content (AvgIpc) is 3.11. The second-order valence-electron chi connectivity index (χ2n) is 6.25. The zero-order chi connectivity index (χ0) is 21.0. The van der Waals surface area contributed by atoms with Crippen LogP contribution < -0.4 is 14.8 Å². The first-order valence-electron chi connectivity index (χ1n) is 9.24. The molecule has 0 saturated heterocycles. The number of halogens is 2. The zero-order valence-electron chi connectivity index (χ0n) is 16.4. The molecule has 0 aliphatic rings. The summed E-state index contributed by atoms with van der Waals surface area (Å²) in [5.74, 6) is 0.771. The van der Waals surface area contributed by atoms with Gasteiger partial charge in [0.2, 0.25) is 0 Å². The maximum Gasteiger partial charge on any atom is 0.280 e. The molecular formula is C20H22F2N4O3. The molecule has 1 N–H and O–H groups in total. The molecule has 0 atom stereocenters. The number of hydrogen-bond acceptors (Lipinski definition) is 5. The lowest BCUT2D eigenvalue weighted by Gasteiger charge is -2.12. The van der Waals surface area contributed by atoms with Gasteiger partial charge in [-0.05, 0) is 44.5 Å². The summed E-state index contributed by atoms with van der Waals surface area (Å²) in [5.41, 5.74) is 1.11. The second-order valence-corrected chi connectivity index (χ2v) is 6.25. The SMILES string of the molecule is CCOc1ccc(CNC(=O)c2cnn3c(C(F)F)cc(C)nc23)cc1OCC. The van der Waals surface area contributed by atoms with E-state index in [9.17, 15) is 13.6 Å². The third-order valence-electron chi connectivity index (χ3n) is 4.16. The quantitative estimate of drug-likeness (QED) is 0.619. The number of carbonyl (C=O) groups excluding carboxylic acids is 1. The lowest BCUT2D eigenvalue weighted by atomic mass is 10.2. The lowest BCUT2D eigenvalue weighted by molar-refractivity contribution is 0.0952. The Hall–Kier alpha value is -3.23. The summed E-state index contributed by atoms with van der Waals surface area (Å²) in [6.45, 7) is 6.56. The Bertz CT molecular complexity index is 1020. The Labute approximate surface area is 166 Å². The van der Waals surface area contributed by atoms with Crippen molar-refractivity contribution in [2.24, 2.45) is 0 Å². The number of aromatic nitrogens is 3. The first kappa shape index (κ1) is 20.5. The Kier molecular flexibility index (Phi) is 6.26. The van der Waals surface area contributed by atoms with Crippen LogP contribution in [0.1, 0.15) is 47.6 Å². The van der Waals surface area contributed by atoms with Crippen LogP contribution in [0.4, 0.5) is 8.78 Å². The molecular weight excluding hydrogens is 382 g/mol. The van der Waals surface area contributed by atoms with E-state index in [0.717, 1.165) is 10.1 Å². The molecule has 3 rings (SSSR count). The highest BCUT2D eigenvalue weighted by Crippen LogP contribution is 2.28. The van der Waals surface area contributed by atoms with Gasteiger partial charge in [-0.25, -0.2) is 18.3 Å². The van der Waals surface area contributed by atoms with Crippen LogP contribution in [0.5, 0.6) is 11.5 Å². The molecule has 0 radical (unpaired) electrons. The topological polar surface area (TPSA) is 77.8 Å². The van der Waals surface area contributed by atoms with Crippen molar-refractivity contribution in [1.29, 1.82) is 0 Å². The molecule has 0 aliphatic carbocycles. The summed E-state index contributed by atoms with van der Waals surface area (Å²) in [6, 6.07) is 6.65. The number of fused-ring (bicyclic) bond motifs is 1. The van der Waals surface area contributed by atoms with Crippen molar-refractivity contribution >= 4 is 11.6 Å². The minimum absolute atomic E-state index is 0.0968. The van der Waals surface area contributed by atoms with Crippen LogP contribution in [-0.2, 0) is 6.54 Å². The fourth-order valence-electron chi connectivity index (χ4n) is 2.91. The number of benzene rings is 1. The van der Waals surface area contributed by atoms with Crippen LogP contribution in [0.15, 0.2) is 30.5 Å². The number of amides is 1. The Morgan fingerprint density at radius 3 is 2.59 bits per heavy atom. The van der Waals surface area contributed by atoms with E-state index in [2.05, 4.69) is 15.4 Å². The second kappa shape index (κ2) is 8.85. The maximum atomic E-state index is 13.2. The van der Waals surface area contributed by atoms with Crippen molar-refractivity contribution in [3.05, 3.63) is 53.0 Å². The van der Waals surface area contributed by atoms with E-state index < -0.39 is 12.3 Å². The van der Waals surface area contributed by atoms with E-state index in [0.29, 0.717) is 30.4 Å². The maximum absolute atomic E-state index is 13.2. The highest BCUT2D eigenvalue weighted by atomic mass is 19.3. The minimum Gasteiger partial charge on any atom is -0.490 e. The minimum atomic E-state index is -2.73. The molecule has 1 amide bonds. The molecule has 29 heavy (non-hydrogen) atoms. The van der Waals surface area contributed by atoms with Crippen LogP contribution >= 0.6 is 0 Å². The van der Waals surface area contributed by atoms with Gasteiger partial charge < -0.3 is 14.8 Å². The van der Waals surface area contributed by atoms with E-state index in [4.69, 9.17) is 9.47 Å². The predicted molar refractivity (Wildman–Crippen MR) is 103 cm³/mol. The predicted octanol–water partition coefficient (Wildman–Crippen LogP) is 3.70. The first-order chi connectivity index (χ1) is 13.9. The van der Waals surface area contributed by atoms with Gasteiger partial charge in [0, 0.05) is 12.2 Å². The number of rotatable bonds is 8. The van der Waals surface area contributed by atoms with Crippen LogP contribution in [0.3, 0.4) is 0 Å². The molecule has 9 heteroatoms. The fraction of sp³-hybridized carbons (Fsp3) is 0.350. The Morgan fingerprint density at radius 2 is 1.90 bits per heavy atom. The molecule has 2 heterocycles. The molecule has 0 unspecified atom stereocenters. The van der Waals surface area contributed by atoms with Gasteiger partial charge in [-0.1, -0.05) is 6.07 Å². The van der Waals surface area contributed by atoms with Crippen molar-refractivity contribution in [2.45, 2.75) is 33.7 Å². The monoisotopic (exact) mass is 404 g/mol. The number of carbonyl (C=O) groups is 1. The number of hydrogen-bond donors (Lipinski definition) is 1. The van der Waals surface area contributed by atoms with Gasteiger partial charge in [-0.3, -0.25) is 4.79 Å². The largest absolute Gasteiger partial charge is 0.490 e. The van der Waals surface area contributed by atoms with Crippen LogP contribution in [-0.4, -0.2) is 33.7 Å². The molecule has 0 fully saturated rings. The Balaban J connectivity index is 1.80. The number of nitrogens with one attached hydrogen (secondary N) is 1. The van der Waals surface area contributed by atoms with Gasteiger partial charge in [0.05, 0.1) is 19.4 Å². The van der Waals surface area contributed by atoms with Crippen LogP contribution in [0.25, 0.3) is 5.65 Å². The summed E-state index contributed by atoms with van der Waals surface area (Å²) >= 11 is 0. The summed E-state index contributed by atoms with van der Waals surface area (Å²) in [5, 5.41) is 6.67. The van der Waals surface area contributed by atoms with Gasteiger partial charge >= 0.3 is 0 Å². The van der Waals surface area contributed by atoms with Gasteiger partial charge in [0.1, 0.15) is 11.3 Å². The van der Waals surface area contributed by atoms with Crippen molar-refractivity contribution in [1.82, 2.24) is 19.9 Å². The smallest absolute Gasteiger partial charge is 0.280 e. The average molecular weight is 404 g/mol. The van der Waals surface area contributed by atoms with Gasteiger partial charge in [-0.2, -0.15) is 5.10 Å². The summed E-state index contributed by atoms with van der Waals surface area (Å²) in [4.78, 5) is 16.8. The van der Waals surface area contributed by atoms with Crippen molar-refractivity contribution in [2.75, 3.05) is 13.2 Å². The van der Waals surface area contributed by atoms with Gasteiger partial charge in [-0.15, -0.1) is 0 Å². The van der Waals surface area contributed by atoms with E-state index in [1.165, 1.54) is 12.3 Å². The summed E-state index contributed by atoms with van der Waals surface area (Å²) < 4.78 is 38.6.